The molecule has 0 atom stereocenters. The summed E-state index contributed by atoms with van der Waals surface area (Å²) in [4.78, 5) is 14.0. The molecule has 0 aromatic heterocycles. The van der Waals surface area contributed by atoms with Crippen LogP contribution in [0.5, 0.6) is 0 Å². The van der Waals surface area contributed by atoms with Crippen LogP contribution in [0.15, 0.2) is 0 Å². The zero-order chi connectivity index (χ0) is 6.00. The molecule has 4 N–H and O–H groups in total. The molecule has 0 radical (unpaired) electrons. The van der Waals surface area contributed by atoms with Crippen LogP contribution in [-0.2, 0) is 0 Å². The normalized spacial score (nSPS) is 1.45. The van der Waals surface area contributed by atoms with Crippen LogP contribution in [0.25, 0.3) is 0 Å². The van der Waals surface area contributed by atoms with Gasteiger partial charge < -0.3 is 0 Å². The Morgan fingerprint density at radius 3 is 0.455 bits per heavy atom. The smallest absolute Gasteiger partial charge is 0 e. The third kappa shape index (κ3) is 1670. The Balaban J connectivity index is -0.00000000167. The van der Waals surface area contributed by atoms with E-state index in [4.69, 9.17) is 31.0 Å². The van der Waals surface area contributed by atoms with Crippen LogP contribution in [0.4, 0.5) is 0 Å². The molecule has 0 unspecified atom stereocenters. The summed E-state index contributed by atoms with van der Waals surface area (Å²) in [7, 11) is 0. The van der Waals surface area contributed by atoms with Crippen LogP contribution < -0.4 is 0 Å². The van der Waals surface area contributed by atoms with Crippen molar-refractivity contribution in [1.82, 2.24) is 0 Å². The third-order valence-corrected chi connectivity index (χ3v) is 0. The first-order valence-corrected chi connectivity index (χ1v) is 0.567. The predicted molar refractivity (Wildman–Crippen MR) is 50.9 cm³/mol. The van der Waals surface area contributed by atoms with E-state index in [0.29, 0.717) is 0 Å². The lowest BCUT2D eigenvalue weighted by Gasteiger charge is -1.25. The SMILES string of the molecule is C.C.C.C.C.O=O.OO.OO. The maximum atomic E-state index is 7.00. The zero-order valence-electron chi connectivity index (χ0n) is 2.61. The molecule has 0 rings (SSSR count). The topological polar surface area (TPSA) is 115 Å². The Morgan fingerprint density at radius 2 is 0.455 bits per heavy atom. The van der Waals surface area contributed by atoms with E-state index in [-0.39, 0.29) is 37.1 Å². The molecule has 0 fully saturated rings. The van der Waals surface area contributed by atoms with Gasteiger partial charge in [0.15, 0.2) is 0 Å². The summed E-state index contributed by atoms with van der Waals surface area (Å²) in [5, 5.41) is 24.0. The molecule has 0 amide bonds. The van der Waals surface area contributed by atoms with Crippen molar-refractivity contribution in [2.24, 2.45) is 0 Å². The van der Waals surface area contributed by atoms with Crippen molar-refractivity contribution in [2.45, 2.75) is 37.1 Å². The van der Waals surface area contributed by atoms with E-state index in [1.54, 1.807) is 0 Å². The molecule has 80 valence electrons. The molecule has 0 aromatic rings. The molecule has 0 aromatic carbocycles. The number of hydrogen-bond acceptors (Lipinski definition) is 6. The fourth-order valence-corrected chi connectivity index (χ4v) is 0. The van der Waals surface area contributed by atoms with E-state index in [2.05, 4.69) is 0 Å². The average molecular weight is 180 g/mol. The lowest BCUT2D eigenvalue weighted by Crippen LogP contribution is -1.29. The molecule has 6 heteroatoms. The van der Waals surface area contributed by atoms with Gasteiger partial charge in [-0.3, -0.25) is 21.0 Å². The minimum absolute atomic E-state index is 0. The Hall–Kier alpha value is -0.560. The quantitative estimate of drug-likeness (QED) is 0.336. The minimum Gasteiger partial charge on any atom is -0.255 e. The predicted octanol–water partition coefficient (Wildman–Crippen LogP) is 3.28. The first-order chi connectivity index (χ1) is 3.00. The standard InChI is InChI=1S/5CH4.2H2O2.O2/c;;;;;3*1-2/h5*1H4;2*1-2H;. The third-order valence-electron chi connectivity index (χ3n) is 0. The van der Waals surface area contributed by atoms with Crippen LogP contribution in [0.3, 0.4) is 0 Å². The Labute approximate surface area is 69.2 Å². The number of hydrogen-bond donors (Lipinski definition) is 4. The molecule has 0 aliphatic rings. The summed E-state index contributed by atoms with van der Waals surface area (Å²) >= 11 is 0. The first kappa shape index (κ1) is 156. The van der Waals surface area contributed by atoms with Crippen molar-refractivity contribution in [2.75, 3.05) is 0 Å². The Morgan fingerprint density at radius 1 is 0.455 bits per heavy atom. The summed E-state index contributed by atoms with van der Waals surface area (Å²) in [5.41, 5.74) is 0. The Bertz CT molecular complexity index is 10.9. The summed E-state index contributed by atoms with van der Waals surface area (Å²) in [6, 6.07) is 0. The van der Waals surface area contributed by atoms with Gasteiger partial charge in [0.2, 0.25) is 0 Å². The molecule has 0 saturated heterocycles. The van der Waals surface area contributed by atoms with Gasteiger partial charge in [0, 0.05) is 9.93 Å². The van der Waals surface area contributed by atoms with Crippen LogP contribution in [0, 0.1) is 9.93 Å². The van der Waals surface area contributed by atoms with Gasteiger partial charge in [-0.15, -0.1) is 0 Å². The molecule has 0 saturated carbocycles. The molecular formula is C5H24O6. The summed E-state index contributed by atoms with van der Waals surface area (Å²) in [5.74, 6) is 0. The maximum Gasteiger partial charge on any atom is 0 e. The first-order valence-electron chi connectivity index (χ1n) is 0.567. The Kier molecular flexibility index (Phi) is 30500. The van der Waals surface area contributed by atoms with Gasteiger partial charge in [0.25, 0.3) is 0 Å². The van der Waals surface area contributed by atoms with Gasteiger partial charge in [-0.1, -0.05) is 37.1 Å². The van der Waals surface area contributed by atoms with Crippen molar-refractivity contribution >= 4 is 0 Å². The van der Waals surface area contributed by atoms with Crippen molar-refractivity contribution in [3.05, 3.63) is 9.93 Å². The molecule has 0 spiro atoms. The van der Waals surface area contributed by atoms with Gasteiger partial charge in [-0.25, -0.2) is 0 Å². The van der Waals surface area contributed by atoms with Gasteiger partial charge >= 0.3 is 0 Å². The molecule has 0 aliphatic carbocycles. The molecular weight excluding hydrogens is 156 g/mol. The van der Waals surface area contributed by atoms with Gasteiger partial charge in [-0.05, 0) is 0 Å². The molecule has 6 nitrogen and oxygen atoms in total. The lowest BCUT2D eigenvalue weighted by atomic mass is 12.0. The van der Waals surface area contributed by atoms with E-state index < -0.39 is 0 Å². The van der Waals surface area contributed by atoms with Crippen molar-refractivity contribution in [3.63, 3.8) is 0 Å². The van der Waals surface area contributed by atoms with Crippen molar-refractivity contribution in [1.29, 1.82) is 0 Å². The monoisotopic (exact) mass is 180 g/mol. The van der Waals surface area contributed by atoms with Crippen molar-refractivity contribution < 1.29 is 21.0 Å². The van der Waals surface area contributed by atoms with E-state index in [0.717, 1.165) is 0 Å². The number of rotatable bonds is 0. The second-order valence-corrected chi connectivity index (χ2v) is 0. The van der Waals surface area contributed by atoms with E-state index >= 15 is 0 Å². The fraction of sp³-hybridized carbons (Fsp3) is 1.00. The van der Waals surface area contributed by atoms with Crippen LogP contribution >= 0.6 is 0 Å². The highest BCUT2D eigenvalue weighted by Gasteiger charge is 0.748. The molecule has 0 bridgehead atoms. The van der Waals surface area contributed by atoms with Crippen LogP contribution in [-0.4, -0.2) is 21.0 Å². The van der Waals surface area contributed by atoms with Gasteiger partial charge in [0.05, 0.1) is 0 Å². The molecule has 0 aliphatic heterocycles. The van der Waals surface area contributed by atoms with Crippen LogP contribution in [0.2, 0.25) is 0 Å². The molecule has 11 heavy (non-hydrogen) atoms. The minimum atomic E-state index is 0. The van der Waals surface area contributed by atoms with Gasteiger partial charge in [0.1, 0.15) is 0 Å². The summed E-state index contributed by atoms with van der Waals surface area (Å²) in [6.45, 7) is 0. The van der Waals surface area contributed by atoms with Crippen molar-refractivity contribution in [3.8, 4) is 0 Å². The summed E-state index contributed by atoms with van der Waals surface area (Å²) < 4.78 is 0. The van der Waals surface area contributed by atoms with E-state index in [1.807, 2.05) is 0 Å². The highest BCUT2D eigenvalue weighted by molar-refractivity contribution is 4.07. The van der Waals surface area contributed by atoms with Gasteiger partial charge in [-0.2, -0.15) is 0 Å². The second-order valence-electron chi connectivity index (χ2n) is 0. The van der Waals surface area contributed by atoms with E-state index in [1.165, 1.54) is 0 Å². The summed E-state index contributed by atoms with van der Waals surface area (Å²) in [6.07, 6.45) is 0. The van der Waals surface area contributed by atoms with E-state index in [9.17, 15) is 0 Å². The lowest BCUT2D eigenvalue weighted by molar-refractivity contribution is -0.176. The largest absolute Gasteiger partial charge is 0.255 e. The molecule has 0 heterocycles. The zero-order valence-corrected chi connectivity index (χ0v) is 2.61. The highest BCUT2D eigenvalue weighted by Crippen LogP contribution is 0.741. The average Bonchev–Trinajstić information content (AvgIpc) is 1.81. The second kappa shape index (κ2) is 2140. The maximum absolute atomic E-state index is 7.00. The van der Waals surface area contributed by atoms with Crippen LogP contribution in [0.1, 0.15) is 37.1 Å². The highest BCUT2D eigenvalue weighted by atomic mass is 17.0. The fourth-order valence-electron chi connectivity index (χ4n) is 0.